The highest BCUT2D eigenvalue weighted by Gasteiger charge is 2.23. The smallest absolute Gasteiger partial charge is 0.263 e. The standard InChI is InChI=1S/C20H20FN3O2S2/c1-2-9-24-19(26)17-14-7-4-8-15(14)28-18(17)23-20(24)27-11-16(25)22-13-6-3-5-12(21)10-13/h3,5-6,10H,2,4,7-9,11H2,1H3,(H,22,25). The van der Waals surface area contributed by atoms with Crippen molar-refractivity contribution in [2.75, 3.05) is 11.1 Å². The fourth-order valence-electron chi connectivity index (χ4n) is 3.48. The molecule has 0 radical (unpaired) electrons. The number of anilines is 1. The van der Waals surface area contributed by atoms with Crippen LogP contribution in [0.5, 0.6) is 0 Å². The molecular weight excluding hydrogens is 397 g/mol. The first kappa shape index (κ1) is 19.1. The predicted octanol–water partition coefficient (Wildman–Crippen LogP) is 4.23. The second kappa shape index (κ2) is 8.05. The fourth-order valence-corrected chi connectivity index (χ4v) is 5.61. The maximum absolute atomic E-state index is 13.3. The van der Waals surface area contributed by atoms with Gasteiger partial charge in [-0.1, -0.05) is 24.8 Å². The number of amides is 1. The van der Waals surface area contributed by atoms with Crippen molar-refractivity contribution in [2.45, 2.75) is 44.3 Å². The van der Waals surface area contributed by atoms with Crippen LogP contribution in [0.4, 0.5) is 10.1 Å². The van der Waals surface area contributed by atoms with Gasteiger partial charge >= 0.3 is 0 Å². The molecule has 0 bridgehead atoms. The van der Waals surface area contributed by atoms with E-state index < -0.39 is 5.82 Å². The van der Waals surface area contributed by atoms with Gasteiger partial charge in [0, 0.05) is 17.1 Å². The van der Waals surface area contributed by atoms with E-state index in [0.717, 1.165) is 35.9 Å². The van der Waals surface area contributed by atoms with Crippen LogP contribution in [-0.2, 0) is 24.2 Å². The highest BCUT2D eigenvalue weighted by Crippen LogP contribution is 2.35. The van der Waals surface area contributed by atoms with Crippen LogP contribution in [0, 0.1) is 5.82 Å². The van der Waals surface area contributed by atoms with Gasteiger partial charge in [0.1, 0.15) is 10.6 Å². The molecule has 0 fully saturated rings. The first-order valence-electron chi connectivity index (χ1n) is 9.30. The normalized spacial score (nSPS) is 13.1. The Balaban J connectivity index is 1.58. The number of benzene rings is 1. The molecule has 8 heteroatoms. The van der Waals surface area contributed by atoms with Crippen LogP contribution in [0.25, 0.3) is 10.2 Å². The van der Waals surface area contributed by atoms with E-state index in [-0.39, 0.29) is 17.2 Å². The number of thiophene rings is 1. The van der Waals surface area contributed by atoms with E-state index in [1.165, 1.54) is 34.3 Å². The Morgan fingerprint density at radius 3 is 3.04 bits per heavy atom. The van der Waals surface area contributed by atoms with Crippen molar-refractivity contribution >= 4 is 44.9 Å². The summed E-state index contributed by atoms with van der Waals surface area (Å²) in [4.78, 5) is 32.1. The topological polar surface area (TPSA) is 64.0 Å². The average molecular weight is 418 g/mol. The van der Waals surface area contributed by atoms with E-state index in [1.807, 2.05) is 6.92 Å². The number of hydrogen-bond donors (Lipinski definition) is 1. The second-order valence-electron chi connectivity index (χ2n) is 6.74. The quantitative estimate of drug-likeness (QED) is 0.482. The van der Waals surface area contributed by atoms with Gasteiger partial charge in [-0.3, -0.25) is 14.2 Å². The number of nitrogens with one attached hydrogen (secondary N) is 1. The Labute approximate surface area is 170 Å². The average Bonchev–Trinajstić information content (AvgIpc) is 3.23. The van der Waals surface area contributed by atoms with E-state index in [0.29, 0.717) is 17.4 Å². The maximum atomic E-state index is 13.3. The molecule has 28 heavy (non-hydrogen) atoms. The summed E-state index contributed by atoms with van der Waals surface area (Å²) in [7, 11) is 0. The number of fused-ring (bicyclic) bond motifs is 3. The number of nitrogens with zero attached hydrogens (tertiary/aromatic N) is 2. The molecule has 1 aliphatic rings. The number of rotatable bonds is 6. The first-order valence-corrected chi connectivity index (χ1v) is 11.1. The van der Waals surface area contributed by atoms with E-state index in [2.05, 4.69) is 5.32 Å². The molecule has 0 spiro atoms. The lowest BCUT2D eigenvalue weighted by atomic mass is 10.2. The molecule has 1 aromatic carbocycles. The van der Waals surface area contributed by atoms with Crippen molar-refractivity contribution < 1.29 is 9.18 Å². The number of carbonyl (C=O) groups excluding carboxylic acids is 1. The zero-order chi connectivity index (χ0) is 19.7. The number of carbonyl (C=O) groups is 1. The highest BCUT2D eigenvalue weighted by atomic mass is 32.2. The second-order valence-corrected chi connectivity index (χ2v) is 8.76. The van der Waals surface area contributed by atoms with Crippen LogP contribution in [0.2, 0.25) is 0 Å². The molecule has 0 unspecified atom stereocenters. The van der Waals surface area contributed by atoms with Gasteiger partial charge in [0.25, 0.3) is 5.56 Å². The molecule has 2 aromatic heterocycles. The fraction of sp³-hybridized carbons (Fsp3) is 0.350. The third-order valence-corrected chi connectivity index (χ3v) is 6.84. The van der Waals surface area contributed by atoms with E-state index in [9.17, 15) is 14.0 Å². The number of hydrogen-bond acceptors (Lipinski definition) is 5. The summed E-state index contributed by atoms with van der Waals surface area (Å²) in [6.07, 6.45) is 3.87. The van der Waals surface area contributed by atoms with E-state index in [1.54, 1.807) is 28.0 Å². The van der Waals surface area contributed by atoms with Gasteiger partial charge in [-0.2, -0.15) is 0 Å². The minimum absolute atomic E-state index is 0.000659. The summed E-state index contributed by atoms with van der Waals surface area (Å²) in [6.45, 7) is 2.58. The van der Waals surface area contributed by atoms with E-state index in [4.69, 9.17) is 4.98 Å². The monoisotopic (exact) mass is 417 g/mol. The van der Waals surface area contributed by atoms with Gasteiger partial charge in [0.05, 0.1) is 11.1 Å². The van der Waals surface area contributed by atoms with Gasteiger partial charge < -0.3 is 5.32 Å². The molecule has 1 amide bonds. The summed E-state index contributed by atoms with van der Waals surface area (Å²) in [5.41, 5.74) is 1.58. The maximum Gasteiger partial charge on any atom is 0.263 e. The largest absolute Gasteiger partial charge is 0.325 e. The van der Waals surface area contributed by atoms with Gasteiger partial charge in [0.2, 0.25) is 5.91 Å². The highest BCUT2D eigenvalue weighted by molar-refractivity contribution is 7.99. The summed E-state index contributed by atoms with van der Waals surface area (Å²) < 4.78 is 15.0. The van der Waals surface area contributed by atoms with Crippen LogP contribution >= 0.6 is 23.1 Å². The Hall–Kier alpha value is -2.19. The molecule has 0 atom stereocenters. The number of aromatic nitrogens is 2. The van der Waals surface area contributed by atoms with Crippen LogP contribution < -0.4 is 10.9 Å². The summed E-state index contributed by atoms with van der Waals surface area (Å²) in [6, 6.07) is 5.77. The van der Waals surface area contributed by atoms with Gasteiger partial charge in [-0.15, -0.1) is 11.3 Å². The molecule has 0 aliphatic heterocycles. The minimum atomic E-state index is -0.403. The molecule has 4 rings (SSSR count). The number of aryl methyl sites for hydroxylation is 2. The summed E-state index contributed by atoms with van der Waals surface area (Å²) >= 11 is 2.84. The lowest BCUT2D eigenvalue weighted by Crippen LogP contribution is -2.24. The van der Waals surface area contributed by atoms with Crippen molar-refractivity contribution in [1.82, 2.24) is 9.55 Å². The third-order valence-electron chi connectivity index (χ3n) is 4.68. The van der Waals surface area contributed by atoms with Crippen molar-refractivity contribution in [2.24, 2.45) is 0 Å². The van der Waals surface area contributed by atoms with Crippen LogP contribution in [0.15, 0.2) is 34.2 Å². The molecule has 0 saturated heterocycles. The van der Waals surface area contributed by atoms with Gasteiger partial charge in [0.15, 0.2) is 5.16 Å². The molecule has 146 valence electrons. The van der Waals surface area contributed by atoms with Crippen LogP contribution in [-0.4, -0.2) is 21.2 Å². The Bertz CT molecular complexity index is 1110. The molecule has 5 nitrogen and oxygen atoms in total. The lowest BCUT2D eigenvalue weighted by Gasteiger charge is -2.11. The van der Waals surface area contributed by atoms with Crippen molar-refractivity contribution in [3.63, 3.8) is 0 Å². The molecular formula is C20H20FN3O2S2. The summed E-state index contributed by atoms with van der Waals surface area (Å²) in [5, 5.41) is 4.00. The molecule has 1 N–H and O–H groups in total. The number of halogens is 1. The SMILES string of the molecule is CCCn1c(SCC(=O)Nc2cccc(F)c2)nc2sc3c(c2c1=O)CCC3. The van der Waals surface area contributed by atoms with Crippen LogP contribution in [0.1, 0.15) is 30.2 Å². The van der Waals surface area contributed by atoms with Crippen LogP contribution in [0.3, 0.4) is 0 Å². The zero-order valence-electron chi connectivity index (χ0n) is 15.5. The van der Waals surface area contributed by atoms with Crippen molar-refractivity contribution in [1.29, 1.82) is 0 Å². The number of thioether (sulfide) groups is 1. The third kappa shape index (κ3) is 3.71. The molecule has 3 aromatic rings. The van der Waals surface area contributed by atoms with E-state index >= 15 is 0 Å². The summed E-state index contributed by atoms with van der Waals surface area (Å²) in [5.74, 6) is -0.565. The molecule has 2 heterocycles. The van der Waals surface area contributed by atoms with Gasteiger partial charge in [-0.05, 0) is 49.4 Å². The Morgan fingerprint density at radius 1 is 1.39 bits per heavy atom. The van der Waals surface area contributed by atoms with Crippen molar-refractivity contribution in [3.8, 4) is 0 Å². The Morgan fingerprint density at radius 2 is 2.25 bits per heavy atom. The Kier molecular flexibility index (Phi) is 5.50. The molecule has 0 saturated carbocycles. The zero-order valence-corrected chi connectivity index (χ0v) is 17.1. The lowest BCUT2D eigenvalue weighted by molar-refractivity contribution is -0.113. The van der Waals surface area contributed by atoms with Gasteiger partial charge in [-0.25, -0.2) is 9.37 Å². The molecule has 1 aliphatic carbocycles. The first-order chi connectivity index (χ1) is 13.6. The van der Waals surface area contributed by atoms with Crippen molar-refractivity contribution in [3.05, 3.63) is 50.9 Å². The predicted molar refractivity (Wildman–Crippen MR) is 112 cm³/mol. The minimum Gasteiger partial charge on any atom is -0.325 e.